The smallest absolute Gasteiger partial charge is 0.198 e. The Morgan fingerprint density at radius 3 is 2.89 bits per heavy atom. The molecule has 2 atom stereocenters. The molecule has 1 heterocycles. The second-order valence-electron chi connectivity index (χ2n) is 4.51. The lowest BCUT2D eigenvalue weighted by atomic mass is 9.85. The van der Waals surface area contributed by atoms with Gasteiger partial charge in [0.05, 0.1) is 0 Å². The van der Waals surface area contributed by atoms with Crippen LogP contribution in [0.5, 0.6) is 5.75 Å². The fourth-order valence-corrected chi connectivity index (χ4v) is 2.35. The lowest BCUT2D eigenvalue weighted by Crippen LogP contribution is -2.25. The fraction of sp³-hybridized carbons (Fsp3) is 0.250. The molecular formula is C16H18O2. The van der Waals surface area contributed by atoms with E-state index in [-0.39, 0.29) is 5.92 Å². The van der Waals surface area contributed by atoms with Crippen molar-refractivity contribution in [2.45, 2.75) is 25.6 Å². The molecule has 0 aliphatic carbocycles. The zero-order valence-corrected chi connectivity index (χ0v) is 10.6. The molecule has 0 aromatic heterocycles. The van der Waals surface area contributed by atoms with Gasteiger partial charge in [-0.3, -0.25) is 0 Å². The Labute approximate surface area is 108 Å². The zero-order chi connectivity index (χ0) is 13.1. The Morgan fingerprint density at radius 1 is 1.44 bits per heavy atom. The topological polar surface area (TPSA) is 29.5 Å². The van der Waals surface area contributed by atoms with E-state index in [1.54, 1.807) is 6.08 Å². The summed E-state index contributed by atoms with van der Waals surface area (Å²) < 4.78 is 5.46. The normalized spacial score (nSPS) is 22.9. The van der Waals surface area contributed by atoms with E-state index in [0.29, 0.717) is 6.42 Å². The minimum Gasteiger partial charge on any atom is -0.465 e. The highest BCUT2D eigenvalue weighted by molar-refractivity contribution is 5.47. The molecule has 1 aliphatic heterocycles. The quantitative estimate of drug-likeness (QED) is 0.822. The molecule has 0 amide bonds. The van der Waals surface area contributed by atoms with Crippen LogP contribution in [0.2, 0.25) is 0 Å². The van der Waals surface area contributed by atoms with Crippen LogP contribution < -0.4 is 4.74 Å². The molecule has 2 nitrogen and oxygen atoms in total. The van der Waals surface area contributed by atoms with Gasteiger partial charge in [-0.15, -0.1) is 0 Å². The number of rotatable bonds is 3. The van der Waals surface area contributed by atoms with Crippen LogP contribution in [0.1, 0.15) is 23.5 Å². The molecule has 0 saturated heterocycles. The summed E-state index contributed by atoms with van der Waals surface area (Å²) in [5, 5.41) is 9.80. The van der Waals surface area contributed by atoms with Gasteiger partial charge >= 0.3 is 0 Å². The third-order valence-corrected chi connectivity index (χ3v) is 3.19. The standard InChI is InChI=1S/C16H18O2/c1-4-6-12(5-2)13-10-16(17)18-15-8-7-11(3)9-14(13)15/h4-9,13,16-17H,1-2,10H2,3H3/b12-6+. The number of benzene rings is 1. The highest BCUT2D eigenvalue weighted by Gasteiger charge is 2.28. The predicted molar refractivity (Wildman–Crippen MR) is 73.6 cm³/mol. The Morgan fingerprint density at radius 2 is 2.22 bits per heavy atom. The minimum atomic E-state index is -0.765. The average molecular weight is 242 g/mol. The van der Waals surface area contributed by atoms with Crippen molar-refractivity contribution in [3.63, 3.8) is 0 Å². The molecule has 2 unspecified atom stereocenters. The number of hydrogen-bond donors (Lipinski definition) is 1. The molecule has 1 aromatic carbocycles. The average Bonchev–Trinajstić information content (AvgIpc) is 2.36. The van der Waals surface area contributed by atoms with Crippen molar-refractivity contribution in [2.24, 2.45) is 0 Å². The highest BCUT2D eigenvalue weighted by atomic mass is 16.6. The van der Waals surface area contributed by atoms with Gasteiger partial charge in [0.2, 0.25) is 0 Å². The molecule has 94 valence electrons. The van der Waals surface area contributed by atoms with E-state index in [4.69, 9.17) is 4.74 Å². The van der Waals surface area contributed by atoms with Crippen LogP contribution in [-0.2, 0) is 0 Å². The Kier molecular flexibility index (Phi) is 3.68. The molecule has 1 aromatic rings. The summed E-state index contributed by atoms with van der Waals surface area (Å²) in [7, 11) is 0. The summed E-state index contributed by atoms with van der Waals surface area (Å²) in [6.45, 7) is 9.60. The van der Waals surface area contributed by atoms with Gasteiger partial charge in [0.15, 0.2) is 6.29 Å². The van der Waals surface area contributed by atoms with Crippen LogP contribution in [-0.4, -0.2) is 11.4 Å². The maximum atomic E-state index is 9.80. The number of aliphatic hydroxyl groups is 1. The van der Waals surface area contributed by atoms with Gasteiger partial charge < -0.3 is 9.84 Å². The van der Waals surface area contributed by atoms with E-state index in [2.05, 4.69) is 19.2 Å². The Hall–Kier alpha value is -1.80. The predicted octanol–water partition coefficient (Wildman–Crippen LogP) is 3.48. The molecule has 18 heavy (non-hydrogen) atoms. The number of aryl methyl sites for hydroxylation is 1. The van der Waals surface area contributed by atoms with E-state index < -0.39 is 6.29 Å². The van der Waals surface area contributed by atoms with Crippen molar-refractivity contribution in [1.29, 1.82) is 0 Å². The summed E-state index contributed by atoms with van der Waals surface area (Å²) in [6, 6.07) is 6.00. The van der Waals surface area contributed by atoms with Crippen molar-refractivity contribution >= 4 is 0 Å². The Balaban J connectivity index is 2.50. The third-order valence-electron chi connectivity index (χ3n) is 3.19. The lowest BCUT2D eigenvalue weighted by molar-refractivity contribution is -0.0359. The number of ether oxygens (including phenoxy) is 1. The molecule has 2 heteroatoms. The first kappa shape index (κ1) is 12.7. The first-order valence-corrected chi connectivity index (χ1v) is 6.06. The maximum Gasteiger partial charge on any atom is 0.198 e. The van der Waals surface area contributed by atoms with Crippen LogP contribution in [0.25, 0.3) is 0 Å². The molecule has 0 bridgehead atoms. The van der Waals surface area contributed by atoms with Gasteiger partial charge in [-0.05, 0) is 18.6 Å². The van der Waals surface area contributed by atoms with E-state index >= 15 is 0 Å². The zero-order valence-electron chi connectivity index (χ0n) is 10.6. The lowest BCUT2D eigenvalue weighted by Gasteiger charge is -2.30. The van der Waals surface area contributed by atoms with Crippen molar-refractivity contribution < 1.29 is 9.84 Å². The number of hydrogen-bond acceptors (Lipinski definition) is 2. The second-order valence-corrected chi connectivity index (χ2v) is 4.51. The van der Waals surface area contributed by atoms with E-state index in [0.717, 1.165) is 16.9 Å². The number of fused-ring (bicyclic) bond motifs is 1. The van der Waals surface area contributed by atoms with Crippen molar-refractivity contribution in [3.8, 4) is 5.75 Å². The summed E-state index contributed by atoms with van der Waals surface area (Å²) in [4.78, 5) is 0. The number of aliphatic hydroxyl groups excluding tert-OH is 1. The fourth-order valence-electron chi connectivity index (χ4n) is 2.35. The number of allylic oxidation sites excluding steroid dienone is 4. The van der Waals surface area contributed by atoms with Gasteiger partial charge in [-0.25, -0.2) is 0 Å². The molecule has 1 aliphatic rings. The monoisotopic (exact) mass is 242 g/mol. The van der Waals surface area contributed by atoms with Crippen LogP contribution in [0, 0.1) is 6.92 Å². The molecule has 0 saturated carbocycles. The molecule has 0 spiro atoms. The Bertz CT molecular complexity index is 500. The first-order valence-electron chi connectivity index (χ1n) is 6.06. The van der Waals surface area contributed by atoms with Crippen LogP contribution in [0.4, 0.5) is 0 Å². The molecule has 0 fully saturated rings. The first-order chi connectivity index (χ1) is 8.65. The van der Waals surface area contributed by atoms with Gasteiger partial charge in [0.1, 0.15) is 5.75 Å². The van der Waals surface area contributed by atoms with E-state index in [9.17, 15) is 5.11 Å². The van der Waals surface area contributed by atoms with Gasteiger partial charge in [-0.1, -0.05) is 49.1 Å². The maximum absolute atomic E-state index is 9.80. The molecule has 2 rings (SSSR count). The largest absolute Gasteiger partial charge is 0.465 e. The molecule has 1 N–H and O–H groups in total. The van der Waals surface area contributed by atoms with E-state index in [1.165, 1.54) is 5.56 Å². The van der Waals surface area contributed by atoms with Gasteiger partial charge in [0, 0.05) is 17.9 Å². The summed E-state index contributed by atoms with van der Waals surface area (Å²) in [5.41, 5.74) is 3.34. The third kappa shape index (κ3) is 2.39. The van der Waals surface area contributed by atoms with Crippen LogP contribution >= 0.6 is 0 Å². The molecular weight excluding hydrogens is 224 g/mol. The summed E-state index contributed by atoms with van der Waals surface area (Å²) >= 11 is 0. The van der Waals surface area contributed by atoms with Crippen molar-refractivity contribution in [1.82, 2.24) is 0 Å². The second kappa shape index (κ2) is 5.23. The summed E-state index contributed by atoms with van der Waals surface area (Å²) in [6.07, 6.45) is 5.27. The van der Waals surface area contributed by atoms with Gasteiger partial charge in [0.25, 0.3) is 0 Å². The van der Waals surface area contributed by atoms with Crippen LogP contribution in [0.3, 0.4) is 0 Å². The van der Waals surface area contributed by atoms with Crippen molar-refractivity contribution in [2.75, 3.05) is 0 Å². The summed E-state index contributed by atoms with van der Waals surface area (Å²) in [5.74, 6) is 0.861. The van der Waals surface area contributed by atoms with Crippen LogP contribution in [0.15, 0.2) is 55.2 Å². The SMILES string of the molecule is C=C/C=C(\C=C)C1CC(O)Oc2ccc(C)cc21. The highest BCUT2D eigenvalue weighted by Crippen LogP contribution is 2.40. The van der Waals surface area contributed by atoms with Crippen molar-refractivity contribution in [3.05, 3.63) is 66.3 Å². The van der Waals surface area contributed by atoms with Gasteiger partial charge in [-0.2, -0.15) is 0 Å². The molecule has 0 radical (unpaired) electrons. The minimum absolute atomic E-state index is 0.110. The van der Waals surface area contributed by atoms with E-state index in [1.807, 2.05) is 31.2 Å².